The first-order valence-electron chi connectivity index (χ1n) is 7.46. The second-order valence-corrected chi connectivity index (χ2v) is 8.50. The highest BCUT2D eigenvalue weighted by molar-refractivity contribution is 9.10. The number of para-hydroxylation sites is 1. The maximum absolute atomic E-state index is 12.3. The zero-order valence-electron chi connectivity index (χ0n) is 14.1. The molecule has 8 heteroatoms. The smallest absolute Gasteiger partial charge is 0.265 e. The molecule has 2 rings (SSSR count). The Hall–Kier alpha value is -1.90. The number of carbonyl (C=O) groups is 1. The molecule has 0 aromatic heterocycles. The van der Waals surface area contributed by atoms with Gasteiger partial charge < -0.3 is 10.1 Å². The van der Waals surface area contributed by atoms with E-state index in [0.29, 0.717) is 11.4 Å². The molecule has 0 aliphatic rings. The van der Waals surface area contributed by atoms with Gasteiger partial charge in [-0.15, -0.1) is 0 Å². The summed E-state index contributed by atoms with van der Waals surface area (Å²) in [6.45, 7) is 1.62. The summed E-state index contributed by atoms with van der Waals surface area (Å²) in [6, 6.07) is 13.3. The van der Waals surface area contributed by atoms with Gasteiger partial charge in [0.2, 0.25) is 10.0 Å². The first-order chi connectivity index (χ1) is 11.7. The highest BCUT2D eigenvalue weighted by atomic mass is 79.9. The van der Waals surface area contributed by atoms with Crippen molar-refractivity contribution in [3.8, 4) is 5.75 Å². The van der Waals surface area contributed by atoms with E-state index in [0.717, 1.165) is 8.78 Å². The first kappa shape index (κ1) is 19.4. The van der Waals surface area contributed by atoms with Crippen molar-refractivity contribution in [1.29, 1.82) is 0 Å². The number of nitrogens with one attached hydrogen (secondary N) is 1. The van der Waals surface area contributed by atoms with Crippen LogP contribution in [0.15, 0.2) is 57.9 Å². The van der Waals surface area contributed by atoms with Crippen molar-refractivity contribution in [2.75, 3.05) is 19.4 Å². The number of amides is 1. The summed E-state index contributed by atoms with van der Waals surface area (Å²) in [4.78, 5) is 12.4. The van der Waals surface area contributed by atoms with E-state index in [4.69, 9.17) is 4.74 Å². The van der Waals surface area contributed by atoms with Crippen molar-refractivity contribution in [2.24, 2.45) is 0 Å². The number of hydrogen-bond acceptors (Lipinski definition) is 4. The van der Waals surface area contributed by atoms with Crippen molar-refractivity contribution < 1.29 is 17.9 Å². The number of carbonyl (C=O) groups excluding carboxylic acids is 1. The molecule has 0 fully saturated rings. The summed E-state index contributed by atoms with van der Waals surface area (Å²) < 4.78 is 31.8. The molecule has 2 aromatic rings. The normalized spacial score (nSPS) is 12.7. The van der Waals surface area contributed by atoms with Gasteiger partial charge in [-0.3, -0.25) is 4.79 Å². The molecule has 0 heterocycles. The number of nitrogens with zero attached hydrogens (tertiary/aromatic N) is 1. The molecule has 1 N–H and O–H groups in total. The summed E-state index contributed by atoms with van der Waals surface area (Å²) in [7, 11) is -0.660. The van der Waals surface area contributed by atoms with Crippen LogP contribution in [0.2, 0.25) is 0 Å². The van der Waals surface area contributed by atoms with Crippen LogP contribution in [0.4, 0.5) is 5.69 Å². The lowest BCUT2D eigenvalue weighted by Gasteiger charge is -2.16. The van der Waals surface area contributed by atoms with Gasteiger partial charge in [-0.05, 0) is 53.2 Å². The maximum Gasteiger partial charge on any atom is 0.265 e. The summed E-state index contributed by atoms with van der Waals surface area (Å²) in [5, 5.41) is 2.67. The third-order valence-electron chi connectivity index (χ3n) is 3.39. The van der Waals surface area contributed by atoms with Crippen LogP contribution >= 0.6 is 15.9 Å². The average Bonchev–Trinajstić information content (AvgIpc) is 2.57. The molecule has 0 saturated carbocycles. The van der Waals surface area contributed by atoms with Crippen LogP contribution < -0.4 is 10.1 Å². The van der Waals surface area contributed by atoms with E-state index >= 15 is 0 Å². The Morgan fingerprint density at radius 2 is 1.84 bits per heavy atom. The molecule has 25 heavy (non-hydrogen) atoms. The van der Waals surface area contributed by atoms with Crippen molar-refractivity contribution in [3.05, 3.63) is 53.0 Å². The van der Waals surface area contributed by atoms with Crippen LogP contribution in [0.1, 0.15) is 6.92 Å². The maximum atomic E-state index is 12.3. The molecule has 0 spiro atoms. The van der Waals surface area contributed by atoms with Crippen LogP contribution in [-0.2, 0) is 14.8 Å². The predicted octanol–water partition coefficient (Wildman–Crippen LogP) is 3.11. The number of halogens is 1. The van der Waals surface area contributed by atoms with Crippen LogP contribution in [0, 0.1) is 0 Å². The van der Waals surface area contributed by atoms with E-state index in [1.54, 1.807) is 31.2 Å². The lowest BCUT2D eigenvalue weighted by molar-refractivity contribution is -0.122. The predicted molar refractivity (Wildman–Crippen MR) is 100 cm³/mol. The minimum atomic E-state index is -3.57. The monoisotopic (exact) mass is 426 g/mol. The van der Waals surface area contributed by atoms with E-state index in [2.05, 4.69) is 21.2 Å². The number of anilines is 1. The van der Waals surface area contributed by atoms with E-state index in [9.17, 15) is 13.2 Å². The van der Waals surface area contributed by atoms with Gasteiger partial charge in [0.25, 0.3) is 5.91 Å². The Bertz CT molecular complexity index is 868. The zero-order chi connectivity index (χ0) is 18.6. The minimum absolute atomic E-state index is 0.106. The van der Waals surface area contributed by atoms with E-state index in [-0.39, 0.29) is 10.8 Å². The zero-order valence-corrected chi connectivity index (χ0v) is 16.5. The number of hydrogen-bond donors (Lipinski definition) is 1. The standard InChI is InChI=1S/C17H19BrN2O4S/c1-12(24-16-10-5-4-9-15(16)18)17(21)19-13-7-6-8-14(11-13)25(22,23)20(2)3/h4-12H,1-3H3,(H,19,21). The number of sulfonamides is 1. The lowest BCUT2D eigenvalue weighted by Crippen LogP contribution is -2.30. The van der Waals surface area contributed by atoms with Gasteiger partial charge in [0.05, 0.1) is 9.37 Å². The first-order valence-corrected chi connectivity index (χ1v) is 9.70. The van der Waals surface area contributed by atoms with Gasteiger partial charge in [-0.25, -0.2) is 12.7 Å². The fourth-order valence-electron chi connectivity index (χ4n) is 1.97. The third kappa shape index (κ3) is 4.81. The molecule has 0 saturated heterocycles. The number of rotatable bonds is 6. The Morgan fingerprint density at radius 3 is 2.48 bits per heavy atom. The molecule has 0 radical (unpaired) electrons. The summed E-state index contributed by atoms with van der Waals surface area (Å²) >= 11 is 3.36. The highest BCUT2D eigenvalue weighted by Gasteiger charge is 2.19. The van der Waals surface area contributed by atoms with Gasteiger partial charge in [0.15, 0.2) is 6.10 Å². The molecular formula is C17H19BrN2O4S. The summed E-state index contributed by atoms with van der Waals surface area (Å²) in [6.07, 6.45) is -0.757. The SMILES string of the molecule is CC(Oc1ccccc1Br)C(=O)Nc1cccc(S(=O)(=O)N(C)C)c1. The van der Waals surface area contributed by atoms with Crippen LogP contribution in [0.3, 0.4) is 0 Å². The topological polar surface area (TPSA) is 75.7 Å². The Balaban J connectivity index is 2.12. The van der Waals surface area contributed by atoms with Crippen LogP contribution in [0.25, 0.3) is 0 Å². The fraction of sp³-hybridized carbons (Fsp3) is 0.235. The van der Waals surface area contributed by atoms with E-state index < -0.39 is 16.1 Å². The molecule has 0 aliphatic carbocycles. The molecule has 1 unspecified atom stereocenters. The van der Waals surface area contributed by atoms with Gasteiger partial charge in [-0.2, -0.15) is 0 Å². The quantitative estimate of drug-likeness (QED) is 0.769. The molecule has 0 bridgehead atoms. The van der Waals surface area contributed by atoms with Gasteiger partial charge in [0.1, 0.15) is 5.75 Å². The van der Waals surface area contributed by atoms with Crippen molar-refractivity contribution in [3.63, 3.8) is 0 Å². The Labute approximate surface area is 156 Å². The highest BCUT2D eigenvalue weighted by Crippen LogP contribution is 2.25. The van der Waals surface area contributed by atoms with E-state index in [1.807, 2.05) is 12.1 Å². The van der Waals surface area contributed by atoms with Gasteiger partial charge in [-0.1, -0.05) is 18.2 Å². The van der Waals surface area contributed by atoms with Gasteiger partial charge in [0, 0.05) is 19.8 Å². The molecule has 0 aliphatic heterocycles. The second-order valence-electron chi connectivity index (χ2n) is 5.50. The lowest BCUT2D eigenvalue weighted by atomic mass is 10.3. The largest absolute Gasteiger partial charge is 0.480 e. The van der Waals surface area contributed by atoms with Crippen LogP contribution in [-0.4, -0.2) is 38.8 Å². The summed E-state index contributed by atoms with van der Waals surface area (Å²) in [5.41, 5.74) is 0.385. The molecule has 6 nitrogen and oxygen atoms in total. The van der Waals surface area contributed by atoms with Crippen molar-refractivity contribution in [2.45, 2.75) is 17.9 Å². The Morgan fingerprint density at radius 1 is 1.16 bits per heavy atom. The molecule has 2 aromatic carbocycles. The van der Waals surface area contributed by atoms with Gasteiger partial charge >= 0.3 is 0 Å². The molecule has 1 amide bonds. The Kier molecular flexibility index (Phi) is 6.21. The average molecular weight is 427 g/mol. The minimum Gasteiger partial charge on any atom is -0.480 e. The van der Waals surface area contributed by atoms with E-state index in [1.165, 1.54) is 26.2 Å². The molecule has 134 valence electrons. The van der Waals surface area contributed by atoms with Crippen LogP contribution in [0.5, 0.6) is 5.75 Å². The molecular weight excluding hydrogens is 408 g/mol. The summed E-state index contributed by atoms with van der Waals surface area (Å²) in [5.74, 6) is 0.171. The fourth-order valence-corrected chi connectivity index (χ4v) is 3.30. The van der Waals surface area contributed by atoms with Crippen molar-refractivity contribution >= 4 is 37.5 Å². The third-order valence-corrected chi connectivity index (χ3v) is 5.86. The number of benzene rings is 2. The second kappa shape index (κ2) is 7.99. The van der Waals surface area contributed by atoms with Crippen molar-refractivity contribution in [1.82, 2.24) is 4.31 Å². The number of ether oxygens (including phenoxy) is 1. The molecule has 1 atom stereocenters.